The van der Waals surface area contributed by atoms with Crippen LogP contribution in [-0.2, 0) is 65.4 Å². The van der Waals surface area contributed by atoms with Crippen molar-refractivity contribution in [3.05, 3.63) is 0 Å². The average Bonchev–Trinajstić information content (AvgIpc) is 1.11. The summed E-state index contributed by atoms with van der Waals surface area (Å²) in [5.41, 5.74) is 0. The van der Waals surface area contributed by atoms with Gasteiger partial charge < -0.3 is 33.8 Å². The summed E-state index contributed by atoms with van der Waals surface area (Å²) in [5, 5.41) is 10.6. The van der Waals surface area contributed by atoms with Crippen LogP contribution in [0, 0.1) is 11.8 Å². The van der Waals surface area contributed by atoms with Gasteiger partial charge in [0.2, 0.25) is 0 Å². The molecule has 0 aliphatic heterocycles. The van der Waals surface area contributed by atoms with E-state index in [9.17, 15) is 43.2 Å². The first-order chi connectivity index (χ1) is 46.4. The SMILES string of the molecule is CCCCCCCCCCCCCCCC(=O)O[C@H](COC(=O)CCCCCCCCCCC)COP(=O)(O)OC[C@H](O)COP(=O)(O)OC[C@@H](COC(=O)CCCCCCCCCCCCC(C)C)OC(=O)CCCCCCCCCCCCCCCCCCCCC(C)C. The Balaban J connectivity index is 5.19. The molecule has 0 bridgehead atoms. The lowest BCUT2D eigenvalue weighted by Gasteiger charge is -2.21. The summed E-state index contributed by atoms with van der Waals surface area (Å²) >= 11 is 0. The first-order valence-electron chi connectivity index (χ1n) is 40.0. The number of hydrogen-bond acceptors (Lipinski definition) is 15. The summed E-state index contributed by atoms with van der Waals surface area (Å²) in [4.78, 5) is 72.8. The first kappa shape index (κ1) is 94.1. The molecule has 5 atom stereocenters. The number of unbranched alkanes of at least 4 members (excludes halogenated alkanes) is 46. The number of phosphoric ester groups is 2. The van der Waals surface area contributed by atoms with Gasteiger partial charge in [0.25, 0.3) is 0 Å². The Morgan fingerprint density at radius 2 is 0.479 bits per heavy atom. The molecule has 0 radical (unpaired) electrons. The van der Waals surface area contributed by atoms with Gasteiger partial charge in [-0.1, -0.05) is 350 Å². The standard InChI is InChI=1S/C77H150O17P2/c1-7-9-11-13-15-17-18-25-29-37-43-49-55-61-76(81)93-72(65-87-74(79)59-53-47-41-33-16-14-12-10-8-2)67-91-95(83,84)89-63-71(78)64-90-96(85,86)92-68-73(66-88-75(80)60-54-48-42-36-32-31-35-40-46-52-58-70(5)6)94-77(82)62-56-50-44-38-30-27-24-22-20-19-21-23-26-28-34-39-45-51-57-69(3)4/h69-73,78H,7-68H2,1-6H3,(H,83,84)(H,85,86)/t71-,72+,73+/m0/s1. The Morgan fingerprint density at radius 3 is 0.708 bits per heavy atom. The van der Waals surface area contributed by atoms with Gasteiger partial charge in [0, 0.05) is 25.7 Å². The molecule has 0 amide bonds. The van der Waals surface area contributed by atoms with Crippen molar-refractivity contribution < 1.29 is 80.2 Å². The molecule has 0 saturated carbocycles. The molecule has 0 saturated heterocycles. The van der Waals surface area contributed by atoms with Gasteiger partial charge in [-0.15, -0.1) is 0 Å². The third-order valence-corrected chi connectivity index (χ3v) is 19.9. The number of hydrogen-bond donors (Lipinski definition) is 3. The van der Waals surface area contributed by atoms with Crippen LogP contribution in [0.2, 0.25) is 0 Å². The van der Waals surface area contributed by atoms with Crippen molar-refractivity contribution in [1.29, 1.82) is 0 Å². The number of aliphatic hydroxyl groups excluding tert-OH is 1. The van der Waals surface area contributed by atoms with Gasteiger partial charge in [0.05, 0.1) is 26.4 Å². The minimum atomic E-state index is -4.96. The second kappa shape index (κ2) is 68.8. The van der Waals surface area contributed by atoms with E-state index in [1.165, 1.54) is 218 Å². The molecule has 0 fully saturated rings. The lowest BCUT2D eigenvalue weighted by atomic mass is 10.0. The first-order valence-corrected chi connectivity index (χ1v) is 43.0. The number of esters is 4. The second-order valence-electron chi connectivity index (χ2n) is 28.7. The monoisotopic (exact) mass is 1410 g/mol. The van der Waals surface area contributed by atoms with Crippen LogP contribution >= 0.6 is 15.6 Å². The Bertz CT molecular complexity index is 1860. The van der Waals surface area contributed by atoms with E-state index in [-0.39, 0.29) is 25.7 Å². The summed E-state index contributed by atoms with van der Waals surface area (Å²) < 4.78 is 68.5. The molecule has 0 aromatic carbocycles. The van der Waals surface area contributed by atoms with Crippen LogP contribution in [-0.4, -0.2) is 96.7 Å². The van der Waals surface area contributed by atoms with E-state index >= 15 is 0 Å². The van der Waals surface area contributed by atoms with E-state index in [1.54, 1.807) is 0 Å². The molecule has 2 unspecified atom stereocenters. The zero-order valence-electron chi connectivity index (χ0n) is 62.7. The van der Waals surface area contributed by atoms with Gasteiger partial charge in [-0.2, -0.15) is 0 Å². The summed E-state index contributed by atoms with van der Waals surface area (Å²) in [6.45, 7) is 9.62. The highest BCUT2D eigenvalue weighted by Gasteiger charge is 2.30. The molecular weight excluding hydrogens is 1260 g/mol. The average molecular weight is 1410 g/mol. The smallest absolute Gasteiger partial charge is 0.462 e. The highest BCUT2D eigenvalue weighted by Crippen LogP contribution is 2.45. The molecular formula is C77H150O17P2. The molecule has 19 heteroatoms. The lowest BCUT2D eigenvalue weighted by Crippen LogP contribution is -2.30. The van der Waals surface area contributed by atoms with Crippen molar-refractivity contribution in [2.24, 2.45) is 11.8 Å². The van der Waals surface area contributed by atoms with E-state index < -0.39 is 97.5 Å². The maximum atomic E-state index is 13.1. The molecule has 3 N–H and O–H groups in total. The number of carbonyl (C=O) groups is 4. The highest BCUT2D eigenvalue weighted by atomic mass is 31.2. The van der Waals surface area contributed by atoms with Gasteiger partial charge in [0.15, 0.2) is 12.2 Å². The zero-order valence-corrected chi connectivity index (χ0v) is 64.5. The van der Waals surface area contributed by atoms with Crippen molar-refractivity contribution in [3.63, 3.8) is 0 Å². The van der Waals surface area contributed by atoms with Crippen LogP contribution in [0.25, 0.3) is 0 Å². The van der Waals surface area contributed by atoms with Crippen molar-refractivity contribution in [3.8, 4) is 0 Å². The fraction of sp³-hybridized carbons (Fsp3) is 0.948. The van der Waals surface area contributed by atoms with Gasteiger partial charge in [-0.25, -0.2) is 9.13 Å². The molecule has 0 aliphatic rings. The van der Waals surface area contributed by atoms with E-state index in [4.69, 9.17) is 37.0 Å². The van der Waals surface area contributed by atoms with Gasteiger partial charge in [0.1, 0.15) is 19.3 Å². The van der Waals surface area contributed by atoms with Gasteiger partial charge in [-0.3, -0.25) is 37.3 Å². The van der Waals surface area contributed by atoms with Crippen LogP contribution in [0.5, 0.6) is 0 Å². The van der Waals surface area contributed by atoms with E-state index in [0.29, 0.717) is 25.7 Å². The van der Waals surface area contributed by atoms with E-state index in [2.05, 4.69) is 41.5 Å². The highest BCUT2D eigenvalue weighted by molar-refractivity contribution is 7.47. The molecule has 96 heavy (non-hydrogen) atoms. The summed E-state index contributed by atoms with van der Waals surface area (Å²) in [6.07, 6.45) is 56.9. The number of carbonyl (C=O) groups excluding carboxylic acids is 4. The largest absolute Gasteiger partial charge is 0.472 e. The fourth-order valence-corrected chi connectivity index (χ4v) is 13.4. The van der Waals surface area contributed by atoms with Crippen molar-refractivity contribution in [1.82, 2.24) is 0 Å². The molecule has 570 valence electrons. The van der Waals surface area contributed by atoms with E-state index in [1.807, 2.05) is 0 Å². The van der Waals surface area contributed by atoms with Crippen molar-refractivity contribution in [2.45, 2.75) is 419 Å². The quantitative estimate of drug-likeness (QED) is 0.0222. The Labute approximate surface area is 588 Å². The van der Waals surface area contributed by atoms with Crippen LogP contribution in [0.4, 0.5) is 0 Å². The third kappa shape index (κ3) is 70.5. The number of ether oxygens (including phenoxy) is 4. The summed E-state index contributed by atoms with van der Waals surface area (Å²) in [6, 6.07) is 0. The Kier molecular flexibility index (Phi) is 67.4. The summed E-state index contributed by atoms with van der Waals surface area (Å²) in [7, 11) is -9.91. The normalized spacial score (nSPS) is 14.0. The van der Waals surface area contributed by atoms with Crippen molar-refractivity contribution in [2.75, 3.05) is 39.6 Å². The topological polar surface area (TPSA) is 237 Å². The predicted molar refractivity (Wildman–Crippen MR) is 391 cm³/mol. The van der Waals surface area contributed by atoms with Crippen LogP contribution in [0.15, 0.2) is 0 Å². The van der Waals surface area contributed by atoms with Gasteiger partial charge >= 0.3 is 39.5 Å². The maximum absolute atomic E-state index is 13.1. The second-order valence-corrected chi connectivity index (χ2v) is 31.6. The Hall–Kier alpha value is -1.94. The molecule has 17 nitrogen and oxygen atoms in total. The molecule has 0 aromatic heterocycles. The van der Waals surface area contributed by atoms with Crippen LogP contribution < -0.4 is 0 Å². The minimum absolute atomic E-state index is 0.108. The number of aliphatic hydroxyl groups is 1. The summed E-state index contributed by atoms with van der Waals surface area (Å²) in [5.74, 6) is -0.536. The minimum Gasteiger partial charge on any atom is -0.462 e. The number of phosphoric acid groups is 2. The van der Waals surface area contributed by atoms with Crippen molar-refractivity contribution >= 4 is 39.5 Å². The molecule has 0 aromatic rings. The Morgan fingerprint density at radius 1 is 0.281 bits per heavy atom. The lowest BCUT2D eigenvalue weighted by molar-refractivity contribution is -0.161. The predicted octanol–water partition coefficient (Wildman–Crippen LogP) is 22.7. The third-order valence-electron chi connectivity index (χ3n) is 18.0. The molecule has 0 spiro atoms. The number of rotatable bonds is 76. The zero-order chi connectivity index (χ0) is 70.7. The molecule has 0 heterocycles. The van der Waals surface area contributed by atoms with Crippen LogP contribution in [0.1, 0.15) is 401 Å². The molecule has 0 rings (SSSR count). The maximum Gasteiger partial charge on any atom is 0.472 e. The van der Waals surface area contributed by atoms with Gasteiger partial charge in [-0.05, 0) is 37.5 Å². The van der Waals surface area contributed by atoms with E-state index in [0.717, 1.165) is 102 Å². The fourth-order valence-electron chi connectivity index (χ4n) is 11.8. The molecule has 0 aliphatic carbocycles. The van der Waals surface area contributed by atoms with Crippen LogP contribution in [0.3, 0.4) is 0 Å².